The van der Waals surface area contributed by atoms with Gasteiger partial charge in [-0.25, -0.2) is 4.58 Å². The van der Waals surface area contributed by atoms with Crippen LogP contribution in [0.3, 0.4) is 0 Å². The molecule has 0 aliphatic heterocycles. The summed E-state index contributed by atoms with van der Waals surface area (Å²) in [5.74, 6) is 0. The molecule has 0 heterocycles. The lowest BCUT2D eigenvalue weighted by Crippen LogP contribution is -2.06. The van der Waals surface area contributed by atoms with Crippen molar-refractivity contribution in [3.05, 3.63) is 12.3 Å². The summed E-state index contributed by atoms with van der Waals surface area (Å²) in [5, 5.41) is 0. The van der Waals surface area contributed by atoms with Crippen molar-refractivity contribution in [2.24, 2.45) is 0 Å². The normalized spacial score (nSPS) is 12.6. The predicted molar refractivity (Wildman–Crippen MR) is 65.1 cm³/mol. The highest BCUT2D eigenvalue weighted by molar-refractivity contribution is 5.47. The highest BCUT2D eigenvalue weighted by Gasteiger charge is 1.97. The van der Waals surface area contributed by atoms with Gasteiger partial charge < -0.3 is 0 Å². The van der Waals surface area contributed by atoms with Crippen LogP contribution in [0.5, 0.6) is 0 Å². The van der Waals surface area contributed by atoms with Crippen LogP contribution in [-0.2, 0) is 0 Å². The van der Waals surface area contributed by atoms with Gasteiger partial charge in [-0.2, -0.15) is 0 Å². The molecule has 0 N–H and O–H groups in total. The molecule has 0 bridgehead atoms. The molecule has 0 saturated heterocycles. The molecule has 0 saturated carbocycles. The van der Waals surface area contributed by atoms with Gasteiger partial charge in [-0.3, -0.25) is 0 Å². The molecular weight excluding hydrogens is 170 g/mol. The van der Waals surface area contributed by atoms with E-state index in [-0.39, 0.29) is 0 Å². The van der Waals surface area contributed by atoms with E-state index in [1.54, 1.807) is 0 Å². The van der Waals surface area contributed by atoms with Gasteiger partial charge in [0.25, 0.3) is 0 Å². The Morgan fingerprint density at radius 1 is 0.929 bits per heavy atom. The van der Waals surface area contributed by atoms with E-state index in [1.807, 2.05) is 0 Å². The quantitative estimate of drug-likeness (QED) is 0.314. The van der Waals surface area contributed by atoms with E-state index in [1.165, 1.54) is 45.1 Å². The summed E-state index contributed by atoms with van der Waals surface area (Å²) in [4.78, 5) is 0. The van der Waals surface area contributed by atoms with Crippen LogP contribution in [0.15, 0.2) is 12.3 Å². The Kier molecular flexibility index (Phi) is 10.0. The molecule has 0 aromatic carbocycles. The average molecular weight is 196 g/mol. The molecule has 0 aromatic heterocycles. The summed E-state index contributed by atoms with van der Waals surface area (Å²) < 4.78 is 2.26. The van der Waals surface area contributed by atoms with Gasteiger partial charge in [0, 0.05) is 13.3 Å². The fraction of sp³-hybridized carbons (Fsp3) is 0.769. The van der Waals surface area contributed by atoms with E-state index < -0.39 is 0 Å². The van der Waals surface area contributed by atoms with Crippen LogP contribution in [0.1, 0.15) is 59.3 Å². The van der Waals surface area contributed by atoms with Gasteiger partial charge in [-0.1, -0.05) is 32.6 Å². The van der Waals surface area contributed by atoms with Crippen molar-refractivity contribution < 1.29 is 4.58 Å². The lowest BCUT2D eigenvalue weighted by atomic mass is 10.1. The topological polar surface area (TPSA) is 3.01 Å². The van der Waals surface area contributed by atoms with Gasteiger partial charge in [-0.05, 0) is 19.4 Å². The van der Waals surface area contributed by atoms with Crippen LogP contribution in [-0.4, -0.2) is 17.3 Å². The molecule has 0 aliphatic rings. The Morgan fingerprint density at radius 3 is 2.14 bits per heavy atom. The molecule has 1 heteroatoms. The van der Waals surface area contributed by atoms with Crippen LogP contribution in [0.2, 0.25) is 0 Å². The molecule has 0 unspecified atom stereocenters. The van der Waals surface area contributed by atoms with Crippen molar-refractivity contribution in [2.45, 2.75) is 59.3 Å². The highest BCUT2D eigenvalue weighted by atomic mass is 15.0. The Bertz CT molecular complexity index is 168. The Hall–Kier alpha value is -0.590. The summed E-state index contributed by atoms with van der Waals surface area (Å²) in [7, 11) is 0. The number of unbranched alkanes of at least 4 members (excludes halogenated alkanes) is 5. The van der Waals surface area contributed by atoms with Gasteiger partial charge in [0.1, 0.15) is 12.8 Å². The zero-order valence-corrected chi connectivity index (χ0v) is 10.1. The zero-order chi connectivity index (χ0) is 10.6. The molecule has 0 aliphatic carbocycles. The average Bonchev–Trinajstić information content (AvgIpc) is 2.21. The van der Waals surface area contributed by atoms with Crippen molar-refractivity contribution in [3.8, 4) is 0 Å². The van der Waals surface area contributed by atoms with Crippen molar-refractivity contribution in [1.82, 2.24) is 0 Å². The minimum absolute atomic E-state index is 1.17. The fourth-order valence-corrected chi connectivity index (χ4v) is 1.56. The van der Waals surface area contributed by atoms with Gasteiger partial charge in [-0.15, -0.1) is 0 Å². The molecular formula is C13H26N+. The monoisotopic (exact) mass is 196 g/mol. The molecule has 0 amide bonds. The second-order valence-corrected chi connectivity index (χ2v) is 3.75. The molecule has 1 nitrogen and oxygen atoms in total. The third-order valence-corrected chi connectivity index (χ3v) is 2.44. The Balaban J connectivity index is 3.34. The van der Waals surface area contributed by atoms with E-state index in [0.717, 1.165) is 0 Å². The third-order valence-electron chi connectivity index (χ3n) is 2.44. The Labute approximate surface area is 89.5 Å². The van der Waals surface area contributed by atoms with Crippen molar-refractivity contribution in [3.63, 3.8) is 0 Å². The van der Waals surface area contributed by atoms with Gasteiger partial charge in [0.05, 0.1) is 0 Å². The van der Waals surface area contributed by atoms with Crippen LogP contribution >= 0.6 is 0 Å². The SMILES string of the molecule is CC=C[N+](=CC)CCCCCCCC. The first-order chi connectivity index (χ1) is 6.85. The molecule has 0 spiro atoms. The number of hydrogen-bond donors (Lipinski definition) is 0. The maximum absolute atomic E-state index is 2.26. The second-order valence-electron chi connectivity index (χ2n) is 3.75. The maximum atomic E-state index is 2.26. The van der Waals surface area contributed by atoms with E-state index in [4.69, 9.17) is 0 Å². The maximum Gasteiger partial charge on any atom is 0.164 e. The minimum Gasteiger partial charge on any atom is -0.210 e. The van der Waals surface area contributed by atoms with Crippen LogP contribution in [0, 0.1) is 0 Å². The largest absolute Gasteiger partial charge is 0.210 e. The molecule has 0 aromatic rings. The molecule has 0 rings (SSSR count). The first-order valence-electron chi connectivity index (χ1n) is 6.03. The second kappa shape index (κ2) is 10.5. The predicted octanol–water partition coefficient (Wildman–Crippen LogP) is 3.98. The Morgan fingerprint density at radius 2 is 1.57 bits per heavy atom. The molecule has 82 valence electrons. The summed E-state index contributed by atoms with van der Waals surface area (Å²) in [6.07, 6.45) is 14.6. The minimum atomic E-state index is 1.17. The number of hydrogen-bond acceptors (Lipinski definition) is 0. The van der Waals surface area contributed by atoms with E-state index >= 15 is 0 Å². The standard InChI is InChI=1S/C13H26N/c1-4-7-8-9-10-11-13-14(6-3)12-5-2/h5-6,12H,4,7-11,13H2,1-3H3/q+1. The molecule has 0 fully saturated rings. The first-order valence-corrected chi connectivity index (χ1v) is 6.03. The molecule has 0 radical (unpaired) electrons. The van der Waals surface area contributed by atoms with Crippen LogP contribution in [0.4, 0.5) is 0 Å². The lowest BCUT2D eigenvalue weighted by Gasteiger charge is -1.98. The number of rotatable bonds is 8. The van der Waals surface area contributed by atoms with E-state index in [0.29, 0.717) is 0 Å². The first kappa shape index (κ1) is 13.4. The highest BCUT2D eigenvalue weighted by Crippen LogP contribution is 2.04. The molecule has 14 heavy (non-hydrogen) atoms. The lowest BCUT2D eigenvalue weighted by molar-refractivity contribution is -0.453. The summed E-state index contributed by atoms with van der Waals surface area (Å²) >= 11 is 0. The number of allylic oxidation sites excluding steroid dienone is 1. The van der Waals surface area contributed by atoms with Crippen LogP contribution < -0.4 is 0 Å². The van der Waals surface area contributed by atoms with Gasteiger partial charge in [0.15, 0.2) is 6.20 Å². The van der Waals surface area contributed by atoms with Gasteiger partial charge in [0.2, 0.25) is 0 Å². The third kappa shape index (κ3) is 8.03. The van der Waals surface area contributed by atoms with E-state index in [2.05, 4.69) is 43.8 Å². The smallest absolute Gasteiger partial charge is 0.164 e. The summed E-state index contributed by atoms with van der Waals surface area (Å²) in [6.45, 7) is 7.60. The molecule has 0 atom stereocenters. The van der Waals surface area contributed by atoms with Crippen molar-refractivity contribution >= 4 is 6.21 Å². The summed E-state index contributed by atoms with van der Waals surface area (Å²) in [5.41, 5.74) is 0. The zero-order valence-electron chi connectivity index (χ0n) is 10.1. The number of nitrogens with zero attached hydrogens (tertiary/aromatic N) is 1. The van der Waals surface area contributed by atoms with Crippen molar-refractivity contribution in [1.29, 1.82) is 0 Å². The fourth-order valence-electron chi connectivity index (χ4n) is 1.56. The van der Waals surface area contributed by atoms with E-state index in [9.17, 15) is 0 Å². The van der Waals surface area contributed by atoms with Gasteiger partial charge >= 0.3 is 0 Å². The summed E-state index contributed by atoms with van der Waals surface area (Å²) in [6, 6.07) is 0. The van der Waals surface area contributed by atoms with Crippen molar-refractivity contribution in [2.75, 3.05) is 6.54 Å². The van der Waals surface area contributed by atoms with Crippen LogP contribution in [0.25, 0.3) is 0 Å².